The smallest absolute Gasteiger partial charge is 0.222 e. The summed E-state index contributed by atoms with van der Waals surface area (Å²) in [6, 6.07) is 0.577. The van der Waals surface area contributed by atoms with E-state index in [1.54, 1.807) is 0 Å². The maximum absolute atomic E-state index is 12.5. The van der Waals surface area contributed by atoms with Gasteiger partial charge in [-0.3, -0.25) is 9.69 Å². The highest BCUT2D eigenvalue weighted by atomic mass is 16.2. The van der Waals surface area contributed by atoms with Crippen LogP contribution in [-0.2, 0) is 4.79 Å². The summed E-state index contributed by atoms with van der Waals surface area (Å²) in [7, 11) is 0. The molecule has 1 saturated heterocycles. The number of piperazine rings is 1. The third-order valence-corrected chi connectivity index (χ3v) is 6.40. The van der Waals surface area contributed by atoms with Gasteiger partial charge < -0.3 is 4.90 Å². The van der Waals surface area contributed by atoms with Crippen LogP contribution in [0.4, 0.5) is 0 Å². The second kappa shape index (κ2) is 16.1. The Morgan fingerprint density at radius 3 is 1.47 bits per heavy atom. The molecule has 0 aromatic carbocycles. The van der Waals surface area contributed by atoms with Gasteiger partial charge in [-0.05, 0) is 93.4 Å². The predicted molar refractivity (Wildman–Crippen MR) is 141 cm³/mol. The van der Waals surface area contributed by atoms with Gasteiger partial charge in [-0.25, -0.2) is 0 Å². The minimum absolute atomic E-state index is 0.317. The predicted octanol–water partition coefficient (Wildman–Crippen LogP) is 7.46. The molecule has 3 nitrogen and oxygen atoms in total. The number of allylic oxidation sites excluding steroid dienone is 8. The molecule has 1 rings (SSSR count). The average Bonchev–Trinajstić information content (AvgIpc) is 2.73. The number of carbonyl (C=O) groups is 1. The normalized spacial score (nSPS) is 16.6. The summed E-state index contributed by atoms with van der Waals surface area (Å²) in [5.74, 6) is 0.317. The van der Waals surface area contributed by atoms with E-state index in [1.807, 2.05) is 4.90 Å². The van der Waals surface area contributed by atoms with Gasteiger partial charge in [0.05, 0.1) is 0 Å². The maximum atomic E-state index is 12.5. The molecule has 0 aromatic heterocycles. The molecule has 1 aliphatic rings. The average molecular weight is 443 g/mol. The van der Waals surface area contributed by atoms with Crippen molar-refractivity contribution in [2.45, 2.75) is 106 Å². The number of carbonyl (C=O) groups excluding carboxylic acids is 1. The van der Waals surface area contributed by atoms with Crippen molar-refractivity contribution in [3.05, 3.63) is 46.6 Å². The summed E-state index contributed by atoms with van der Waals surface area (Å²) in [5, 5.41) is 0. The highest BCUT2D eigenvalue weighted by Crippen LogP contribution is 2.14. The molecule has 182 valence electrons. The molecule has 0 unspecified atom stereocenters. The molecular weight excluding hydrogens is 392 g/mol. The third-order valence-electron chi connectivity index (χ3n) is 6.40. The molecule has 1 fully saturated rings. The van der Waals surface area contributed by atoms with Gasteiger partial charge in [-0.15, -0.1) is 0 Å². The van der Waals surface area contributed by atoms with E-state index in [0.29, 0.717) is 18.4 Å². The van der Waals surface area contributed by atoms with Gasteiger partial charge in [0.15, 0.2) is 0 Å². The summed E-state index contributed by atoms with van der Waals surface area (Å²) in [6.07, 6.45) is 17.7. The van der Waals surface area contributed by atoms with Crippen LogP contribution >= 0.6 is 0 Å². The molecule has 0 atom stereocenters. The summed E-state index contributed by atoms with van der Waals surface area (Å²) in [4.78, 5) is 17.0. The highest BCUT2D eigenvalue weighted by molar-refractivity contribution is 5.76. The van der Waals surface area contributed by atoms with E-state index in [0.717, 1.165) is 64.7 Å². The number of hydrogen-bond donors (Lipinski definition) is 0. The van der Waals surface area contributed by atoms with Crippen molar-refractivity contribution in [2.75, 3.05) is 26.2 Å². The summed E-state index contributed by atoms with van der Waals surface area (Å²) in [6.45, 7) is 19.3. The fourth-order valence-corrected chi connectivity index (χ4v) is 4.08. The van der Waals surface area contributed by atoms with Gasteiger partial charge in [0.2, 0.25) is 5.91 Å². The molecule has 0 aromatic rings. The zero-order valence-electron chi connectivity index (χ0n) is 22.2. The fourth-order valence-electron chi connectivity index (χ4n) is 4.08. The molecule has 0 radical (unpaired) electrons. The Balaban J connectivity index is 2.22. The van der Waals surface area contributed by atoms with Crippen LogP contribution in [0.3, 0.4) is 0 Å². The molecule has 1 heterocycles. The standard InChI is InChI=1S/C29H50N2O/c1-24(2)12-8-13-26(5)14-9-15-27(6)16-10-17-28(7)18-11-19-29(32)31-22-20-30(21-23-31)25(3)4/h12,14,16,18,25H,8-11,13,15,17,19-23H2,1-7H3. The van der Waals surface area contributed by atoms with Gasteiger partial charge in [0.25, 0.3) is 0 Å². The maximum Gasteiger partial charge on any atom is 0.222 e. The van der Waals surface area contributed by atoms with Crippen LogP contribution in [0.15, 0.2) is 46.6 Å². The monoisotopic (exact) mass is 442 g/mol. The van der Waals surface area contributed by atoms with Crippen molar-refractivity contribution in [1.82, 2.24) is 9.80 Å². The van der Waals surface area contributed by atoms with Crippen LogP contribution in [-0.4, -0.2) is 47.9 Å². The van der Waals surface area contributed by atoms with Gasteiger partial charge in [0, 0.05) is 38.6 Å². The lowest BCUT2D eigenvalue weighted by atomic mass is 10.0. The van der Waals surface area contributed by atoms with Gasteiger partial charge in [-0.2, -0.15) is 0 Å². The Kier molecular flexibility index (Phi) is 14.3. The lowest BCUT2D eigenvalue weighted by molar-refractivity contribution is -0.133. The Labute approximate surface area is 199 Å². The zero-order valence-corrected chi connectivity index (χ0v) is 22.2. The minimum Gasteiger partial charge on any atom is -0.340 e. The number of nitrogens with zero attached hydrogens (tertiary/aromatic N) is 2. The Bertz CT molecular complexity index is 669. The Morgan fingerprint density at radius 2 is 1.06 bits per heavy atom. The Morgan fingerprint density at radius 1 is 0.656 bits per heavy atom. The number of hydrogen-bond acceptors (Lipinski definition) is 2. The first-order valence-electron chi connectivity index (χ1n) is 12.8. The quantitative estimate of drug-likeness (QED) is 0.276. The van der Waals surface area contributed by atoms with Crippen molar-refractivity contribution in [3.63, 3.8) is 0 Å². The molecule has 0 spiro atoms. The molecular formula is C29H50N2O. The van der Waals surface area contributed by atoms with Crippen molar-refractivity contribution < 1.29 is 4.79 Å². The van der Waals surface area contributed by atoms with Crippen molar-refractivity contribution in [2.24, 2.45) is 0 Å². The molecule has 1 amide bonds. The first kappa shape index (κ1) is 28.4. The molecule has 32 heavy (non-hydrogen) atoms. The second-order valence-electron chi connectivity index (χ2n) is 10.1. The fraction of sp³-hybridized carbons (Fsp3) is 0.690. The Hall–Kier alpha value is -1.61. The van der Waals surface area contributed by atoms with E-state index in [1.165, 1.54) is 28.7 Å². The number of amides is 1. The van der Waals surface area contributed by atoms with E-state index >= 15 is 0 Å². The van der Waals surface area contributed by atoms with Crippen LogP contribution in [0.1, 0.15) is 99.8 Å². The topological polar surface area (TPSA) is 23.6 Å². The van der Waals surface area contributed by atoms with Crippen LogP contribution in [0.5, 0.6) is 0 Å². The van der Waals surface area contributed by atoms with Gasteiger partial charge >= 0.3 is 0 Å². The first-order chi connectivity index (χ1) is 15.2. The van der Waals surface area contributed by atoms with E-state index in [9.17, 15) is 4.79 Å². The zero-order chi connectivity index (χ0) is 23.9. The van der Waals surface area contributed by atoms with Crippen LogP contribution < -0.4 is 0 Å². The molecule has 3 heteroatoms. The van der Waals surface area contributed by atoms with Gasteiger partial charge in [-0.1, -0.05) is 46.6 Å². The molecule has 0 bridgehead atoms. The van der Waals surface area contributed by atoms with E-state index in [2.05, 4.69) is 77.7 Å². The van der Waals surface area contributed by atoms with Crippen molar-refractivity contribution in [1.29, 1.82) is 0 Å². The molecule has 0 aliphatic carbocycles. The first-order valence-corrected chi connectivity index (χ1v) is 12.8. The second-order valence-corrected chi connectivity index (χ2v) is 10.1. The van der Waals surface area contributed by atoms with Crippen molar-refractivity contribution >= 4 is 5.91 Å². The summed E-state index contributed by atoms with van der Waals surface area (Å²) in [5.41, 5.74) is 5.81. The number of rotatable bonds is 13. The lowest BCUT2D eigenvalue weighted by Crippen LogP contribution is -2.50. The molecule has 1 aliphatic heterocycles. The van der Waals surface area contributed by atoms with E-state index < -0.39 is 0 Å². The summed E-state index contributed by atoms with van der Waals surface area (Å²) < 4.78 is 0. The van der Waals surface area contributed by atoms with Crippen LogP contribution in [0.25, 0.3) is 0 Å². The van der Waals surface area contributed by atoms with E-state index in [4.69, 9.17) is 0 Å². The third kappa shape index (κ3) is 13.1. The minimum atomic E-state index is 0.317. The van der Waals surface area contributed by atoms with E-state index in [-0.39, 0.29) is 0 Å². The van der Waals surface area contributed by atoms with Crippen LogP contribution in [0, 0.1) is 0 Å². The molecule has 0 saturated carbocycles. The summed E-state index contributed by atoms with van der Waals surface area (Å²) >= 11 is 0. The van der Waals surface area contributed by atoms with Gasteiger partial charge in [0.1, 0.15) is 0 Å². The highest BCUT2D eigenvalue weighted by Gasteiger charge is 2.21. The SMILES string of the molecule is CC(C)=CCCC(C)=CCCC(C)=CCCC(C)=CCCC(=O)N1CCN(C(C)C)CC1. The van der Waals surface area contributed by atoms with Crippen molar-refractivity contribution in [3.8, 4) is 0 Å². The molecule has 0 N–H and O–H groups in total. The lowest BCUT2D eigenvalue weighted by Gasteiger charge is -2.37. The van der Waals surface area contributed by atoms with Crippen LogP contribution in [0.2, 0.25) is 0 Å². The largest absolute Gasteiger partial charge is 0.340 e.